The third-order valence-electron chi connectivity index (χ3n) is 5.25. The van der Waals surface area contributed by atoms with E-state index in [1.807, 2.05) is 18.2 Å². The molecule has 0 amide bonds. The predicted octanol–water partition coefficient (Wildman–Crippen LogP) is 4.32. The monoisotopic (exact) mass is 278 g/mol. The minimum Gasteiger partial charge on any atom is -0.396 e. The number of benzene rings is 1. The zero-order valence-electron chi connectivity index (χ0n) is 11.4. The molecule has 2 saturated carbocycles. The van der Waals surface area contributed by atoms with Crippen molar-refractivity contribution in [2.24, 2.45) is 23.7 Å². The van der Waals surface area contributed by atoms with Gasteiger partial charge in [-0.15, -0.1) is 0 Å². The Morgan fingerprint density at radius 2 is 2.05 bits per heavy atom. The maximum absolute atomic E-state index is 9.67. The number of hydrogen-bond acceptors (Lipinski definition) is 1. The summed E-state index contributed by atoms with van der Waals surface area (Å²) < 4.78 is 0. The SMILES string of the molecule is OCC(Cc1ccccc1Cl)CC1CC2CCC1C2. The van der Waals surface area contributed by atoms with Crippen molar-refractivity contribution in [2.45, 2.75) is 38.5 Å². The smallest absolute Gasteiger partial charge is 0.0462 e. The van der Waals surface area contributed by atoms with E-state index in [0.29, 0.717) is 12.5 Å². The molecule has 2 fully saturated rings. The molecule has 0 saturated heterocycles. The van der Waals surface area contributed by atoms with Gasteiger partial charge in [0.1, 0.15) is 0 Å². The van der Waals surface area contributed by atoms with Crippen molar-refractivity contribution in [2.75, 3.05) is 6.61 Å². The lowest BCUT2D eigenvalue weighted by atomic mass is 9.80. The zero-order chi connectivity index (χ0) is 13.2. The maximum Gasteiger partial charge on any atom is 0.0462 e. The van der Waals surface area contributed by atoms with E-state index in [9.17, 15) is 5.11 Å². The number of fused-ring (bicyclic) bond motifs is 2. The van der Waals surface area contributed by atoms with Gasteiger partial charge in [0.15, 0.2) is 0 Å². The van der Waals surface area contributed by atoms with E-state index in [2.05, 4.69) is 6.07 Å². The van der Waals surface area contributed by atoms with Crippen LogP contribution in [0.4, 0.5) is 0 Å². The molecule has 1 aromatic rings. The second-order valence-corrected chi connectivity index (χ2v) is 6.92. The minimum absolute atomic E-state index is 0.291. The molecule has 3 rings (SSSR count). The molecule has 1 N–H and O–H groups in total. The molecule has 104 valence electrons. The molecule has 2 aliphatic rings. The van der Waals surface area contributed by atoms with Crippen LogP contribution in [-0.4, -0.2) is 11.7 Å². The summed E-state index contributed by atoms with van der Waals surface area (Å²) in [7, 11) is 0. The fourth-order valence-corrected chi connectivity index (χ4v) is 4.50. The Morgan fingerprint density at radius 1 is 1.21 bits per heavy atom. The Kier molecular flexibility index (Phi) is 4.14. The van der Waals surface area contributed by atoms with Crippen molar-refractivity contribution < 1.29 is 5.11 Å². The van der Waals surface area contributed by atoms with Gasteiger partial charge in [-0.1, -0.05) is 36.2 Å². The molecule has 0 aliphatic heterocycles. The Morgan fingerprint density at radius 3 is 2.68 bits per heavy atom. The lowest BCUT2D eigenvalue weighted by Crippen LogP contribution is -2.19. The Hall–Kier alpha value is -0.530. The molecule has 0 heterocycles. The van der Waals surface area contributed by atoms with Crippen molar-refractivity contribution in [3.63, 3.8) is 0 Å². The topological polar surface area (TPSA) is 20.2 Å². The molecular weight excluding hydrogens is 256 g/mol. The van der Waals surface area contributed by atoms with Crippen LogP contribution in [0.15, 0.2) is 24.3 Å². The summed E-state index contributed by atoms with van der Waals surface area (Å²) in [6.07, 6.45) is 7.85. The van der Waals surface area contributed by atoms with Crippen molar-refractivity contribution in [1.82, 2.24) is 0 Å². The zero-order valence-corrected chi connectivity index (χ0v) is 12.1. The average molecular weight is 279 g/mol. The van der Waals surface area contributed by atoms with Gasteiger partial charge in [0.25, 0.3) is 0 Å². The summed E-state index contributed by atoms with van der Waals surface area (Å²) in [5.41, 5.74) is 1.19. The summed E-state index contributed by atoms with van der Waals surface area (Å²) >= 11 is 6.22. The van der Waals surface area contributed by atoms with Crippen LogP contribution in [0.1, 0.15) is 37.7 Å². The highest BCUT2D eigenvalue weighted by Crippen LogP contribution is 2.50. The molecule has 1 aromatic carbocycles. The number of aliphatic hydroxyl groups is 1. The Bertz CT molecular complexity index is 431. The van der Waals surface area contributed by atoms with Gasteiger partial charge < -0.3 is 5.11 Å². The minimum atomic E-state index is 0.291. The van der Waals surface area contributed by atoms with Gasteiger partial charge >= 0.3 is 0 Å². The number of halogens is 1. The number of hydrogen-bond donors (Lipinski definition) is 1. The van der Waals surface area contributed by atoms with Crippen molar-refractivity contribution in [3.8, 4) is 0 Å². The van der Waals surface area contributed by atoms with Crippen LogP contribution in [-0.2, 0) is 6.42 Å². The second-order valence-electron chi connectivity index (χ2n) is 6.51. The molecule has 19 heavy (non-hydrogen) atoms. The fourth-order valence-electron chi connectivity index (χ4n) is 4.29. The van der Waals surface area contributed by atoms with Crippen LogP contribution >= 0.6 is 11.6 Å². The first-order valence-electron chi connectivity index (χ1n) is 7.60. The largest absolute Gasteiger partial charge is 0.396 e. The van der Waals surface area contributed by atoms with Crippen LogP contribution in [0.2, 0.25) is 5.02 Å². The lowest BCUT2D eigenvalue weighted by molar-refractivity contribution is 0.178. The molecular formula is C17H23ClO. The van der Waals surface area contributed by atoms with Gasteiger partial charge in [0.2, 0.25) is 0 Å². The van der Waals surface area contributed by atoms with Gasteiger partial charge in [0.05, 0.1) is 0 Å². The maximum atomic E-state index is 9.67. The Labute approximate surface area is 121 Å². The summed E-state index contributed by atoms with van der Waals surface area (Å²) in [6.45, 7) is 0.291. The van der Waals surface area contributed by atoms with Crippen LogP contribution in [0, 0.1) is 23.7 Å². The van der Waals surface area contributed by atoms with E-state index in [-0.39, 0.29) is 0 Å². The molecule has 1 nitrogen and oxygen atoms in total. The third kappa shape index (κ3) is 2.98. The van der Waals surface area contributed by atoms with Gasteiger partial charge in [-0.2, -0.15) is 0 Å². The molecule has 2 heteroatoms. The van der Waals surface area contributed by atoms with Gasteiger partial charge in [0, 0.05) is 11.6 Å². The normalized spacial score (nSPS) is 30.7. The second kappa shape index (κ2) is 5.85. The summed E-state index contributed by atoms with van der Waals surface area (Å²) in [5.74, 6) is 3.18. The Balaban J connectivity index is 1.60. The first kappa shape index (κ1) is 13.5. The predicted molar refractivity (Wildman–Crippen MR) is 79.3 cm³/mol. The van der Waals surface area contributed by atoms with Gasteiger partial charge in [-0.05, 0) is 67.4 Å². The number of rotatable bonds is 5. The molecule has 0 spiro atoms. The molecule has 2 aliphatic carbocycles. The van der Waals surface area contributed by atoms with E-state index in [1.165, 1.54) is 37.7 Å². The van der Waals surface area contributed by atoms with E-state index in [1.54, 1.807) is 0 Å². The first-order valence-corrected chi connectivity index (χ1v) is 7.98. The van der Waals surface area contributed by atoms with E-state index >= 15 is 0 Å². The molecule has 0 radical (unpaired) electrons. The standard InChI is InChI=1S/C17H23ClO/c18-17-4-2-1-3-15(17)9-13(11-19)10-16-8-12-5-6-14(16)7-12/h1-4,12-14,16,19H,5-11H2. The van der Waals surface area contributed by atoms with Crippen LogP contribution in [0.5, 0.6) is 0 Å². The summed E-state index contributed by atoms with van der Waals surface area (Å²) in [5, 5.41) is 10.5. The fraction of sp³-hybridized carbons (Fsp3) is 0.647. The quantitative estimate of drug-likeness (QED) is 0.851. The highest BCUT2D eigenvalue weighted by atomic mass is 35.5. The van der Waals surface area contributed by atoms with Crippen molar-refractivity contribution >= 4 is 11.6 Å². The third-order valence-corrected chi connectivity index (χ3v) is 5.61. The highest BCUT2D eigenvalue weighted by Gasteiger charge is 2.39. The molecule has 4 unspecified atom stereocenters. The lowest BCUT2D eigenvalue weighted by Gasteiger charge is -2.26. The highest BCUT2D eigenvalue weighted by molar-refractivity contribution is 6.31. The first-order chi connectivity index (χ1) is 9.26. The number of aliphatic hydroxyl groups excluding tert-OH is 1. The van der Waals surface area contributed by atoms with Crippen molar-refractivity contribution in [1.29, 1.82) is 0 Å². The van der Waals surface area contributed by atoms with Gasteiger partial charge in [-0.3, -0.25) is 0 Å². The summed E-state index contributed by atoms with van der Waals surface area (Å²) in [4.78, 5) is 0. The van der Waals surface area contributed by atoms with Crippen LogP contribution < -0.4 is 0 Å². The van der Waals surface area contributed by atoms with Crippen LogP contribution in [0.3, 0.4) is 0 Å². The molecule has 4 atom stereocenters. The summed E-state index contributed by atoms with van der Waals surface area (Å²) in [6, 6.07) is 8.04. The van der Waals surface area contributed by atoms with Crippen molar-refractivity contribution in [3.05, 3.63) is 34.9 Å². The van der Waals surface area contributed by atoms with E-state index < -0.39 is 0 Å². The van der Waals surface area contributed by atoms with E-state index in [4.69, 9.17) is 11.6 Å². The molecule has 2 bridgehead atoms. The van der Waals surface area contributed by atoms with E-state index in [0.717, 1.165) is 29.2 Å². The average Bonchev–Trinajstić information content (AvgIpc) is 3.02. The van der Waals surface area contributed by atoms with Gasteiger partial charge in [-0.25, -0.2) is 0 Å². The molecule has 0 aromatic heterocycles. The van der Waals surface area contributed by atoms with Crippen LogP contribution in [0.25, 0.3) is 0 Å².